The van der Waals surface area contributed by atoms with Crippen LogP contribution in [0.3, 0.4) is 0 Å². The van der Waals surface area contributed by atoms with Gasteiger partial charge in [-0.2, -0.15) is 5.26 Å². The Hall–Kier alpha value is -1.71. The summed E-state index contributed by atoms with van der Waals surface area (Å²) in [6, 6.07) is 1.94. The van der Waals surface area contributed by atoms with E-state index in [4.69, 9.17) is 10.00 Å². The minimum absolute atomic E-state index is 0.333. The topological polar surface area (TPSA) is 82.9 Å². The van der Waals surface area contributed by atoms with E-state index in [1.165, 1.54) is 6.20 Å². The molecule has 0 spiro atoms. The number of nitrogens with one attached hydrogen (secondary N) is 2. The zero-order valence-corrected chi connectivity index (χ0v) is 10.9. The largest absolute Gasteiger partial charge is 0.378 e. The molecule has 1 saturated heterocycles. The van der Waals surface area contributed by atoms with Gasteiger partial charge in [-0.15, -0.1) is 0 Å². The fourth-order valence-corrected chi connectivity index (χ4v) is 1.98. The van der Waals surface area contributed by atoms with Gasteiger partial charge in [-0.05, 0) is 32.4 Å². The Morgan fingerprint density at radius 3 is 2.89 bits per heavy atom. The molecule has 2 rings (SSSR count). The van der Waals surface area contributed by atoms with Crippen LogP contribution in [0.2, 0.25) is 0 Å². The van der Waals surface area contributed by atoms with Crippen molar-refractivity contribution in [2.24, 2.45) is 0 Å². The molecule has 1 aliphatic rings. The number of nitrogens with zero attached hydrogens (tertiary/aromatic N) is 3. The molecule has 0 aliphatic carbocycles. The van der Waals surface area contributed by atoms with E-state index < -0.39 is 0 Å². The monoisotopic (exact) mass is 261 g/mol. The first-order valence-corrected chi connectivity index (χ1v) is 6.67. The van der Waals surface area contributed by atoms with E-state index in [1.54, 1.807) is 6.20 Å². The Morgan fingerprint density at radius 2 is 2.21 bits per heavy atom. The van der Waals surface area contributed by atoms with Gasteiger partial charge in [0.2, 0.25) is 0 Å². The maximum Gasteiger partial charge on any atom is 0.158 e. The van der Waals surface area contributed by atoms with E-state index in [9.17, 15) is 0 Å². The quantitative estimate of drug-likeness (QED) is 0.741. The fourth-order valence-electron chi connectivity index (χ4n) is 1.98. The summed E-state index contributed by atoms with van der Waals surface area (Å²) in [4.78, 5) is 8.04. The maximum absolute atomic E-state index is 8.60. The molecule has 6 nitrogen and oxygen atoms in total. The van der Waals surface area contributed by atoms with Crippen molar-refractivity contribution in [2.75, 3.05) is 31.6 Å². The zero-order valence-electron chi connectivity index (χ0n) is 10.9. The molecule has 1 aromatic heterocycles. The lowest BCUT2D eigenvalue weighted by molar-refractivity contribution is 0.0329. The highest BCUT2D eigenvalue weighted by Crippen LogP contribution is 2.07. The number of hydrogen-bond acceptors (Lipinski definition) is 6. The third kappa shape index (κ3) is 4.81. The van der Waals surface area contributed by atoms with Crippen molar-refractivity contribution in [1.29, 1.82) is 5.26 Å². The lowest BCUT2D eigenvalue weighted by Gasteiger charge is -2.22. The van der Waals surface area contributed by atoms with E-state index >= 15 is 0 Å². The molecule has 0 amide bonds. The van der Waals surface area contributed by atoms with E-state index in [-0.39, 0.29) is 0 Å². The number of aromatic nitrogens is 2. The van der Waals surface area contributed by atoms with Crippen LogP contribution in [0.1, 0.15) is 25.0 Å². The van der Waals surface area contributed by atoms with Crippen molar-refractivity contribution in [2.45, 2.75) is 25.4 Å². The van der Waals surface area contributed by atoms with Crippen molar-refractivity contribution in [1.82, 2.24) is 15.3 Å². The third-order valence-electron chi connectivity index (χ3n) is 3.03. The van der Waals surface area contributed by atoms with E-state index in [0.717, 1.165) is 45.5 Å². The molecule has 0 saturated carbocycles. The number of anilines is 1. The minimum Gasteiger partial charge on any atom is -0.378 e. The van der Waals surface area contributed by atoms with E-state index in [1.807, 2.05) is 6.07 Å². The van der Waals surface area contributed by atoms with Gasteiger partial charge in [0.25, 0.3) is 0 Å². The first-order chi connectivity index (χ1) is 9.38. The third-order valence-corrected chi connectivity index (χ3v) is 3.03. The second kappa shape index (κ2) is 7.67. The Labute approximate surface area is 113 Å². The van der Waals surface area contributed by atoms with E-state index in [2.05, 4.69) is 20.6 Å². The first kappa shape index (κ1) is 13.7. The summed E-state index contributed by atoms with van der Waals surface area (Å²) in [5.74, 6) is 0.695. The van der Waals surface area contributed by atoms with Crippen molar-refractivity contribution < 1.29 is 4.74 Å². The van der Waals surface area contributed by atoms with Crippen LogP contribution in [0, 0.1) is 11.3 Å². The summed E-state index contributed by atoms with van der Waals surface area (Å²) < 4.78 is 5.80. The number of rotatable bonds is 6. The highest BCUT2D eigenvalue weighted by Gasteiger charge is 2.12. The first-order valence-electron chi connectivity index (χ1n) is 6.67. The summed E-state index contributed by atoms with van der Waals surface area (Å²) in [7, 11) is 0. The predicted octanol–water partition coefficient (Wildman–Crippen LogP) is 0.919. The van der Waals surface area contributed by atoms with E-state index in [0.29, 0.717) is 17.6 Å². The van der Waals surface area contributed by atoms with Gasteiger partial charge in [0.1, 0.15) is 11.9 Å². The molecular weight excluding hydrogens is 242 g/mol. The zero-order chi connectivity index (χ0) is 13.3. The second-order valence-corrected chi connectivity index (χ2v) is 4.50. The fraction of sp³-hybridized carbons (Fsp3) is 0.615. The Kier molecular flexibility index (Phi) is 5.53. The summed E-state index contributed by atoms with van der Waals surface area (Å²) in [6.45, 7) is 3.68. The summed E-state index contributed by atoms with van der Waals surface area (Å²) in [5.41, 5.74) is 0.333. The van der Waals surface area contributed by atoms with Gasteiger partial charge in [0.15, 0.2) is 5.69 Å². The van der Waals surface area contributed by atoms with Gasteiger partial charge in [0, 0.05) is 13.2 Å². The molecule has 1 fully saturated rings. The van der Waals surface area contributed by atoms with Crippen LogP contribution in [0.4, 0.5) is 5.82 Å². The van der Waals surface area contributed by atoms with Gasteiger partial charge in [-0.1, -0.05) is 0 Å². The van der Waals surface area contributed by atoms with Crippen molar-refractivity contribution in [3.8, 4) is 6.07 Å². The molecule has 2 heterocycles. The molecule has 0 atom stereocenters. The summed E-state index contributed by atoms with van der Waals surface area (Å²) >= 11 is 0. The molecule has 19 heavy (non-hydrogen) atoms. The summed E-state index contributed by atoms with van der Waals surface area (Å²) in [6.07, 6.45) is 6.60. The lowest BCUT2D eigenvalue weighted by atomic mass is 10.1. The molecule has 1 aromatic rings. The smallest absolute Gasteiger partial charge is 0.158 e. The van der Waals surface area contributed by atoms with Gasteiger partial charge in [0.05, 0.1) is 18.5 Å². The predicted molar refractivity (Wildman–Crippen MR) is 71.7 cm³/mol. The van der Waals surface area contributed by atoms with Gasteiger partial charge in [-0.25, -0.2) is 9.97 Å². The van der Waals surface area contributed by atoms with Crippen LogP contribution in [-0.2, 0) is 4.74 Å². The van der Waals surface area contributed by atoms with Crippen molar-refractivity contribution in [3.63, 3.8) is 0 Å². The van der Waals surface area contributed by atoms with Gasteiger partial charge < -0.3 is 15.4 Å². The number of nitriles is 1. The average molecular weight is 261 g/mol. The molecule has 6 heteroatoms. The highest BCUT2D eigenvalue weighted by molar-refractivity contribution is 5.32. The molecule has 102 valence electrons. The Balaban J connectivity index is 1.57. The van der Waals surface area contributed by atoms with Gasteiger partial charge >= 0.3 is 0 Å². The normalized spacial score (nSPS) is 15.9. The minimum atomic E-state index is 0.333. The molecule has 1 aliphatic heterocycles. The second-order valence-electron chi connectivity index (χ2n) is 4.50. The standard InChI is InChI=1S/C13H19N5O/c14-8-11-9-18-13(10-17-11)16-4-1-7-19-12-2-5-15-6-3-12/h9-10,12,15H,1-7H2,(H,16,18). The molecule has 2 N–H and O–H groups in total. The molecule has 0 aromatic carbocycles. The maximum atomic E-state index is 8.60. The number of ether oxygens (including phenoxy) is 1. The summed E-state index contributed by atoms with van der Waals surface area (Å²) in [5, 5.41) is 15.1. The van der Waals surface area contributed by atoms with Crippen LogP contribution in [-0.4, -0.2) is 42.3 Å². The Morgan fingerprint density at radius 1 is 1.37 bits per heavy atom. The van der Waals surface area contributed by atoms with Crippen LogP contribution >= 0.6 is 0 Å². The number of piperidine rings is 1. The Bertz CT molecular complexity index is 408. The average Bonchev–Trinajstić information content (AvgIpc) is 2.49. The molecule has 0 radical (unpaired) electrons. The van der Waals surface area contributed by atoms with Crippen molar-refractivity contribution >= 4 is 5.82 Å². The van der Waals surface area contributed by atoms with Crippen LogP contribution < -0.4 is 10.6 Å². The van der Waals surface area contributed by atoms with Crippen molar-refractivity contribution in [3.05, 3.63) is 18.1 Å². The van der Waals surface area contributed by atoms with Crippen LogP contribution in [0.5, 0.6) is 0 Å². The van der Waals surface area contributed by atoms with Gasteiger partial charge in [-0.3, -0.25) is 0 Å². The number of hydrogen-bond donors (Lipinski definition) is 2. The lowest BCUT2D eigenvalue weighted by Crippen LogP contribution is -2.32. The highest BCUT2D eigenvalue weighted by atomic mass is 16.5. The van der Waals surface area contributed by atoms with Crippen LogP contribution in [0.25, 0.3) is 0 Å². The molecule has 0 unspecified atom stereocenters. The van der Waals surface area contributed by atoms with Crippen LogP contribution in [0.15, 0.2) is 12.4 Å². The molecular formula is C13H19N5O. The molecule has 0 bridgehead atoms. The SMILES string of the molecule is N#Cc1cnc(NCCCOC2CCNCC2)cn1.